The zero-order chi connectivity index (χ0) is 15.3. The van der Waals surface area contributed by atoms with E-state index in [1.54, 1.807) is 0 Å². The van der Waals surface area contributed by atoms with Crippen LogP contribution in [-0.2, 0) is 16.2 Å². The molecule has 22 heavy (non-hydrogen) atoms. The molecule has 4 heteroatoms. The first kappa shape index (κ1) is 14.1. The van der Waals surface area contributed by atoms with Crippen LogP contribution in [0.2, 0.25) is 0 Å². The fraction of sp³-hybridized carbons (Fsp3) is 0.556. The van der Waals surface area contributed by atoms with Crippen molar-refractivity contribution in [3.05, 3.63) is 35.4 Å². The van der Waals surface area contributed by atoms with Gasteiger partial charge in [-0.2, -0.15) is 5.26 Å². The highest BCUT2D eigenvalue weighted by molar-refractivity contribution is 7.86. The molecule has 1 aromatic rings. The lowest BCUT2D eigenvalue weighted by atomic mass is 9.88. The minimum absolute atomic E-state index is 0.0164. The summed E-state index contributed by atoms with van der Waals surface area (Å²) < 4.78 is 12.1. The fourth-order valence-corrected chi connectivity index (χ4v) is 6.17. The number of carbonyl (C=O) groups excluding carboxylic acids is 1. The molecule has 2 bridgehead atoms. The summed E-state index contributed by atoms with van der Waals surface area (Å²) >= 11 is 0. The van der Waals surface area contributed by atoms with Crippen LogP contribution in [0.5, 0.6) is 0 Å². The van der Waals surface area contributed by atoms with Crippen molar-refractivity contribution >= 4 is 16.6 Å². The molecule has 1 aromatic carbocycles. The van der Waals surface area contributed by atoms with Crippen molar-refractivity contribution in [3.8, 4) is 6.07 Å². The smallest absolute Gasteiger partial charge is 0.166 e. The van der Waals surface area contributed by atoms with Crippen molar-refractivity contribution in [2.24, 2.45) is 5.92 Å². The second-order valence-electron chi connectivity index (χ2n) is 6.96. The topological polar surface area (TPSA) is 57.9 Å². The Balaban J connectivity index is 1.58. The molecular formula is C18H19NO2S. The maximum absolute atomic E-state index is 12.8. The van der Waals surface area contributed by atoms with Crippen LogP contribution in [-0.4, -0.2) is 20.5 Å². The molecule has 3 nitrogen and oxygen atoms in total. The van der Waals surface area contributed by atoms with Crippen LogP contribution in [0, 0.1) is 17.2 Å². The van der Waals surface area contributed by atoms with Crippen LogP contribution in [0.1, 0.15) is 54.4 Å². The first-order valence-corrected chi connectivity index (χ1v) is 9.36. The van der Waals surface area contributed by atoms with Gasteiger partial charge in [-0.25, -0.2) is 0 Å². The van der Waals surface area contributed by atoms with Gasteiger partial charge in [0.05, 0.1) is 11.5 Å². The van der Waals surface area contributed by atoms with Gasteiger partial charge < -0.3 is 0 Å². The summed E-state index contributed by atoms with van der Waals surface area (Å²) in [5.41, 5.74) is 1.38. The Hall–Kier alpha value is -1.47. The number of nitriles is 1. The Morgan fingerprint density at radius 1 is 1.23 bits per heavy atom. The molecule has 0 amide bonds. The number of fused-ring (bicyclic) bond motifs is 2. The first-order valence-electron chi connectivity index (χ1n) is 8.08. The van der Waals surface area contributed by atoms with Crippen molar-refractivity contribution in [1.82, 2.24) is 0 Å². The van der Waals surface area contributed by atoms with E-state index in [0.717, 1.165) is 49.7 Å². The highest BCUT2D eigenvalue weighted by Crippen LogP contribution is 2.48. The van der Waals surface area contributed by atoms with Crippen LogP contribution in [0.15, 0.2) is 24.3 Å². The number of carbonyl (C=O) groups is 1. The van der Waals surface area contributed by atoms with Gasteiger partial charge in [-0.3, -0.25) is 9.00 Å². The van der Waals surface area contributed by atoms with E-state index in [1.165, 1.54) is 0 Å². The molecule has 3 fully saturated rings. The standard InChI is InChI=1S/C18H19NO2S/c19-11-18(6-7-18)14-3-1-2-12(8-14)17(20)13-9-15-4-5-16(10-13)22(15)21/h1-3,8,13,15-16H,4-7,9-10H2. The molecule has 2 unspecified atom stereocenters. The van der Waals surface area contributed by atoms with Crippen molar-refractivity contribution < 1.29 is 9.00 Å². The minimum atomic E-state index is -0.717. The van der Waals surface area contributed by atoms with Gasteiger partial charge in [-0.1, -0.05) is 18.2 Å². The summed E-state index contributed by atoms with van der Waals surface area (Å²) in [4.78, 5) is 12.8. The summed E-state index contributed by atoms with van der Waals surface area (Å²) in [6.45, 7) is 0. The van der Waals surface area contributed by atoms with Gasteiger partial charge in [0, 0.05) is 32.8 Å². The molecule has 0 N–H and O–H groups in total. The molecule has 2 saturated heterocycles. The Morgan fingerprint density at radius 3 is 2.50 bits per heavy atom. The average molecular weight is 313 g/mol. The zero-order valence-electron chi connectivity index (χ0n) is 12.5. The van der Waals surface area contributed by atoms with Crippen LogP contribution in [0.25, 0.3) is 0 Å². The lowest BCUT2D eigenvalue weighted by Crippen LogP contribution is -2.32. The lowest BCUT2D eigenvalue weighted by Gasteiger charge is -2.26. The molecule has 1 aliphatic carbocycles. The van der Waals surface area contributed by atoms with E-state index in [1.807, 2.05) is 24.3 Å². The van der Waals surface area contributed by atoms with Crippen molar-refractivity contribution in [2.75, 3.05) is 0 Å². The molecule has 2 aliphatic heterocycles. The normalized spacial score (nSPS) is 34.9. The molecule has 4 rings (SSSR count). The molecule has 0 spiro atoms. The molecule has 1 saturated carbocycles. The van der Waals surface area contributed by atoms with Gasteiger partial charge in [0.15, 0.2) is 5.78 Å². The molecule has 3 aliphatic rings. The quantitative estimate of drug-likeness (QED) is 0.806. The average Bonchev–Trinajstić information content (AvgIpc) is 3.32. The summed E-state index contributed by atoms with van der Waals surface area (Å²) in [7, 11) is -0.717. The van der Waals surface area contributed by atoms with Crippen LogP contribution >= 0.6 is 0 Å². The summed E-state index contributed by atoms with van der Waals surface area (Å²) in [5, 5.41) is 9.78. The number of nitrogens with zero attached hydrogens (tertiary/aromatic N) is 1. The maximum atomic E-state index is 12.8. The van der Waals surface area contributed by atoms with E-state index in [4.69, 9.17) is 0 Å². The number of rotatable bonds is 3. The van der Waals surface area contributed by atoms with Gasteiger partial charge in [-0.05, 0) is 50.2 Å². The predicted molar refractivity (Wildman–Crippen MR) is 85.0 cm³/mol. The summed E-state index contributed by atoms with van der Waals surface area (Å²) in [6.07, 6.45) is 5.36. The molecule has 0 radical (unpaired) electrons. The Labute approximate surface area is 133 Å². The molecule has 2 atom stereocenters. The lowest BCUT2D eigenvalue weighted by molar-refractivity contribution is 0.0906. The third-order valence-corrected chi connectivity index (χ3v) is 7.77. The molecule has 2 heterocycles. The second-order valence-corrected chi connectivity index (χ2v) is 8.95. The summed E-state index contributed by atoms with van der Waals surface area (Å²) in [5.74, 6) is 0.201. The van der Waals surface area contributed by atoms with Crippen LogP contribution < -0.4 is 0 Å². The van der Waals surface area contributed by atoms with Gasteiger partial charge >= 0.3 is 0 Å². The maximum Gasteiger partial charge on any atom is 0.166 e. The van der Waals surface area contributed by atoms with E-state index in [0.29, 0.717) is 0 Å². The Bertz CT molecular complexity index is 685. The van der Waals surface area contributed by atoms with Gasteiger partial charge in [0.2, 0.25) is 0 Å². The highest BCUT2D eigenvalue weighted by Gasteiger charge is 2.46. The fourth-order valence-electron chi connectivity index (χ4n) is 4.04. The number of Topliss-reactive ketones (excluding diaryl/α,β-unsaturated/α-hetero) is 1. The van der Waals surface area contributed by atoms with Crippen molar-refractivity contribution in [2.45, 2.75) is 54.4 Å². The van der Waals surface area contributed by atoms with Crippen LogP contribution in [0.4, 0.5) is 0 Å². The van der Waals surface area contributed by atoms with Crippen molar-refractivity contribution in [1.29, 1.82) is 5.26 Å². The zero-order valence-corrected chi connectivity index (χ0v) is 13.3. The number of hydrogen-bond acceptors (Lipinski definition) is 3. The van der Waals surface area contributed by atoms with E-state index < -0.39 is 10.8 Å². The predicted octanol–water partition coefficient (Wildman–Crippen LogP) is 3.11. The van der Waals surface area contributed by atoms with Gasteiger partial charge in [-0.15, -0.1) is 0 Å². The summed E-state index contributed by atoms with van der Waals surface area (Å²) in [6, 6.07) is 10.0. The Kier molecular flexibility index (Phi) is 3.23. The van der Waals surface area contributed by atoms with Crippen molar-refractivity contribution in [3.63, 3.8) is 0 Å². The van der Waals surface area contributed by atoms with Crippen LogP contribution in [0.3, 0.4) is 0 Å². The van der Waals surface area contributed by atoms with E-state index in [-0.39, 0.29) is 27.6 Å². The first-order chi connectivity index (χ1) is 10.6. The van der Waals surface area contributed by atoms with E-state index in [2.05, 4.69) is 6.07 Å². The largest absolute Gasteiger partial charge is 0.294 e. The molecular weight excluding hydrogens is 294 g/mol. The molecule has 0 aromatic heterocycles. The number of ketones is 1. The number of hydrogen-bond donors (Lipinski definition) is 0. The Morgan fingerprint density at radius 2 is 1.91 bits per heavy atom. The third kappa shape index (κ3) is 2.14. The molecule has 114 valence electrons. The second kappa shape index (κ2) is 5.03. The third-order valence-electron chi connectivity index (χ3n) is 5.60. The minimum Gasteiger partial charge on any atom is -0.294 e. The van der Waals surface area contributed by atoms with E-state index >= 15 is 0 Å². The van der Waals surface area contributed by atoms with Gasteiger partial charge in [0.25, 0.3) is 0 Å². The monoisotopic (exact) mass is 313 g/mol. The van der Waals surface area contributed by atoms with Gasteiger partial charge in [0.1, 0.15) is 0 Å². The van der Waals surface area contributed by atoms with E-state index in [9.17, 15) is 14.3 Å². The SMILES string of the molecule is N#CC1(c2cccc(C(=O)C3CC4CCC(C3)S4=O)c2)CC1. The number of benzene rings is 1. The highest BCUT2D eigenvalue weighted by atomic mass is 32.2.